The van der Waals surface area contributed by atoms with E-state index < -0.39 is 0 Å². The Morgan fingerprint density at radius 3 is 2.56 bits per heavy atom. The van der Waals surface area contributed by atoms with Crippen LogP contribution >= 0.6 is 0 Å². The normalized spacial score (nSPS) is 19.7. The number of rotatable bonds is 8. The molecule has 2 aliphatic carbocycles. The Labute approximate surface area is 229 Å². The number of amides is 2. The van der Waals surface area contributed by atoms with Crippen molar-refractivity contribution in [2.45, 2.75) is 51.1 Å². The minimum atomic E-state index is -0.365. The molecule has 39 heavy (non-hydrogen) atoms. The molecule has 6 heteroatoms. The molecular weight excluding hydrogens is 488 g/mol. The molecule has 1 N–H and O–H groups in total. The van der Waals surface area contributed by atoms with Crippen molar-refractivity contribution in [1.29, 1.82) is 0 Å². The fraction of sp³-hybridized carbons (Fsp3) is 0.364. The fourth-order valence-electron chi connectivity index (χ4n) is 5.89. The Morgan fingerprint density at radius 1 is 0.974 bits per heavy atom. The van der Waals surface area contributed by atoms with Crippen molar-refractivity contribution >= 4 is 17.8 Å². The number of ether oxygens (including phenoxy) is 1. The van der Waals surface area contributed by atoms with Crippen LogP contribution in [0.5, 0.6) is 0 Å². The number of nitrogens with one attached hydrogen (secondary N) is 1. The number of benzene rings is 3. The quantitative estimate of drug-likeness (QED) is 0.411. The first-order valence-electron chi connectivity index (χ1n) is 13.9. The van der Waals surface area contributed by atoms with Gasteiger partial charge in [0.05, 0.1) is 12.7 Å². The molecule has 2 amide bonds. The second kappa shape index (κ2) is 10.7. The van der Waals surface area contributed by atoms with Crippen LogP contribution in [0.3, 0.4) is 0 Å². The van der Waals surface area contributed by atoms with Crippen molar-refractivity contribution in [2.24, 2.45) is 11.8 Å². The SMILES string of the molecule is COC(=O)c1cccc(-c2ccc(CNC(=O)[C@H]3C[C@H]3c3ccccc3)c3c2CCN(C(=O)CC2CC2)C3)c1. The summed E-state index contributed by atoms with van der Waals surface area (Å²) < 4.78 is 4.93. The molecule has 0 aromatic heterocycles. The molecule has 0 spiro atoms. The van der Waals surface area contributed by atoms with Gasteiger partial charge in [0.1, 0.15) is 0 Å². The van der Waals surface area contributed by atoms with Crippen LogP contribution in [0.2, 0.25) is 0 Å². The lowest BCUT2D eigenvalue weighted by Gasteiger charge is -2.32. The maximum absolute atomic E-state index is 13.0. The maximum Gasteiger partial charge on any atom is 0.337 e. The van der Waals surface area contributed by atoms with E-state index in [0.717, 1.165) is 47.9 Å². The average molecular weight is 523 g/mol. The van der Waals surface area contributed by atoms with E-state index in [0.29, 0.717) is 43.5 Å². The molecule has 6 rings (SSSR count). The van der Waals surface area contributed by atoms with E-state index in [1.54, 1.807) is 6.07 Å². The van der Waals surface area contributed by atoms with Gasteiger partial charge in [-0.3, -0.25) is 9.59 Å². The van der Waals surface area contributed by atoms with Gasteiger partial charge in [-0.25, -0.2) is 4.79 Å². The summed E-state index contributed by atoms with van der Waals surface area (Å²) in [6.07, 6.45) is 4.56. The van der Waals surface area contributed by atoms with Crippen molar-refractivity contribution in [3.8, 4) is 11.1 Å². The number of carbonyl (C=O) groups excluding carboxylic acids is 3. The molecule has 3 aromatic rings. The van der Waals surface area contributed by atoms with Crippen molar-refractivity contribution in [2.75, 3.05) is 13.7 Å². The third-order valence-corrected chi connectivity index (χ3v) is 8.42. The molecule has 2 saturated carbocycles. The Bertz CT molecular complexity index is 1410. The minimum Gasteiger partial charge on any atom is -0.465 e. The predicted molar refractivity (Wildman–Crippen MR) is 149 cm³/mol. The highest BCUT2D eigenvalue weighted by Crippen LogP contribution is 2.47. The Morgan fingerprint density at radius 2 is 1.79 bits per heavy atom. The summed E-state index contributed by atoms with van der Waals surface area (Å²) in [5, 5.41) is 3.18. The van der Waals surface area contributed by atoms with Crippen LogP contribution in [0.15, 0.2) is 66.7 Å². The van der Waals surface area contributed by atoms with Gasteiger partial charge < -0.3 is 15.0 Å². The van der Waals surface area contributed by atoms with Gasteiger partial charge in [0, 0.05) is 32.0 Å². The van der Waals surface area contributed by atoms with Crippen LogP contribution < -0.4 is 5.32 Å². The topological polar surface area (TPSA) is 75.7 Å². The maximum atomic E-state index is 13.0. The average Bonchev–Trinajstić information content (AvgIpc) is 3.91. The van der Waals surface area contributed by atoms with Crippen LogP contribution in [0, 0.1) is 11.8 Å². The third kappa shape index (κ3) is 5.47. The number of hydrogen-bond acceptors (Lipinski definition) is 4. The summed E-state index contributed by atoms with van der Waals surface area (Å²) in [7, 11) is 1.39. The number of carbonyl (C=O) groups is 3. The standard InChI is InChI=1S/C33H34N2O4/c1-39-33(38)24-9-5-8-23(17-24)26-13-12-25(19-34-32(37)29-18-28(29)22-6-3-2-4-7-22)30-20-35(15-14-27(26)30)31(36)16-21-10-11-21/h2-9,12-13,17,21,28-29H,10-11,14-16,18-20H2,1H3,(H,34,37)/t28-,29-/m0/s1. The molecule has 3 aromatic carbocycles. The first kappa shape index (κ1) is 25.4. The van der Waals surface area contributed by atoms with Crippen molar-refractivity contribution < 1.29 is 19.1 Å². The van der Waals surface area contributed by atoms with E-state index in [1.807, 2.05) is 41.3 Å². The fourth-order valence-corrected chi connectivity index (χ4v) is 5.89. The van der Waals surface area contributed by atoms with E-state index in [2.05, 4.69) is 29.6 Å². The summed E-state index contributed by atoms with van der Waals surface area (Å²) in [5.41, 5.74) is 7.09. The highest BCUT2D eigenvalue weighted by atomic mass is 16.5. The van der Waals surface area contributed by atoms with Crippen LogP contribution in [0.25, 0.3) is 11.1 Å². The summed E-state index contributed by atoms with van der Waals surface area (Å²) in [6, 6.07) is 21.9. The number of nitrogens with zero attached hydrogens (tertiary/aromatic N) is 1. The largest absolute Gasteiger partial charge is 0.465 e. The van der Waals surface area contributed by atoms with E-state index >= 15 is 0 Å². The summed E-state index contributed by atoms with van der Waals surface area (Å²) in [6.45, 7) is 1.66. The van der Waals surface area contributed by atoms with Gasteiger partial charge >= 0.3 is 5.97 Å². The van der Waals surface area contributed by atoms with E-state index in [1.165, 1.54) is 18.2 Å². The van der Waals surface area contributed by atoms with Gasteiger partial charge in [-0.15, -0.1) is 0 Å². The molecule has 3 aliphatic rings. The van der Waals surface area contributed by atoms with Crippen molar-refractivity contribution in [1.82, 2.24) is 10.2 Å². The second-order valence-electron chi connectivity index (χ2n) is 11.1. The van der Waals surface area contributed by atoms with Crippen LogP contribution in [0.4, 0.5) is 0 Å². The molecule has 0 bridgehead atoms. The first-order chi connectivity index (χ1) is 19.0. The Hall–Kier alpha value is -3.93. The van der Waals surface area contributed by atoms with Crippen LogP contribution in [-0.2, 0) is 33.8 Å². The van der Waals surface area contributed by atoms with E-state index in [-0.39, 0.29) is 23.7 Å². The third-order valence-electron chi connectivity index (χ3n) is 8.42. The van der Waals surface area contributed by atoms with Crippen molar-refractivity contribution in [3.63, 3.8) is 0 Å². The lowest BCUT2D eigenvalue weighted by atomic mass is 9.87. The molecule has 1 aliphatic heterocycles. The summed E-state index contributed by atoms with van der Waals surface area (Å²) in [5.74, 6) is 0.794. The molecule has 2 fully saturated rings. The van der Waals surface area contributed by atoms with E-state index in [9.17, 15) is 14.4 Å². The van der Waals surface area contributed by atoms with Gasteiger partial charge in [-0.1, -0.05) is 54.6 Å². The van der Waals surface area contributed by atoms with Gasteiger partial charge in [0.2, 0.25) is 11.8 Å². The molecule has 0 radical (unpaired) electrons. The molecule has 200 valence electrons. The highest BCUT2D eigenvalue weighted by molar-refractivity contribution is 5.91. The van der Waals surface area contributed by atoms with Gasteiger partial charge in [0.25, 0.3) is 0 Å². The number of hydrogen-bond donors (Lipinski definition) is 1. The molecule has 0 saturated heterocycles. The van der Waals surface area contributed by atoms with Crippen molar-refractivity contribution in [3.05, 3.63) is 94.5 Å². The number of esters is 1. The first-order valence-corrected chi connectivity index (χ1v) is 13.9. The molecule has 1 heterocycles. The van der Waals surface area contributed by atoms with E-state index in [4.69, 9.17) is 4.74 Å². The van der Waals surface area contributed by atoms with Gasteiger partial charge in [-0.2, -0.15) is 0 Å². The van der Waals surface area contributed by atoms with Crippen LogP contribution in [0.1, 0.15) is 64.2 Å². The lowest BCUT2D eigenvalue weighted by Crippen LogP contribution is -2.37. The molecule has 0 unspecified atom stereocenters. The zero-order valence-electron chi connectivity index (χ0n) is 22.3. The highest BCUT2D eigenvalue weighted by Gasteiger charge is 2.43. The molecule has 2 atom stereocenters. The summed E-state index contributed by atoms with van der Waals surface area (Å²) >= 11 is 0. The lowest BCUT2D eigenvalue weighted by molar-refractivity contribution is -0.132. The second-order valence-corrected chi connectivity index (χ2v) is 11.1. The number of methoxy groups -OCH3 is 1. The zero-order chi connectivity index (χ0) is 26.9. The molecular formula is C33H34N2O4. The number of fused-ring (bicyclic) bond motifs is 1. The van der Waals surface area contributed by atoms with Gasteiger partial charge in [0.15, 0.2) is 0 Å². The summed E-state index contributed by atoms with van der Waals surface area (Å²) in [4.78, 5) is 40.2. The smallest absolute Gasteiger partial charge is 0.337 e. The molecule has 6 nitrogen and oxygen atoms in total. The monoisotopic (exact) mass is 522 g/mol. The van der Waals surface area contributed by atoms with Gasteiger partial charge in [-0.05, 0) is 83.0 Å². The predicted octanol–water partition coefficient (Wildman–Crippen LogP) is 5.24. The Balaban J connectivity index is 1.25. The van der Waals surface area contributed by atoms with Crippen LogP contribution in [-0.4, -0.2) is 36.3 Å². The Kier molecular flexibility index (Phi) is 6.94. The minimum absolute atomic E-state index is 0.0141. The zero-order valence-corrected chi connectivity index (χ0v) is 22.3.